The smallest absolute Gasteiger partial charge is 0.338 e. The van der Waals surface area contributed by atoms with E-state index in [1.807, 2.05) is 6.07 Å². The summed E-state index contributed by atoms with van der Waals surface area (Å²) in [6, 6.07) is 7.08. The molecule has 4 saturated carbocycles. The molecule has 4 nitrogen and oxygen atoms in total. The molecule has 128 valence electrons. The highest BCUT2D eigenvalue weighted by Crippen LogP contribution is 2.60. The highest BCUT2D eigenvalue weighted by Gasteiger charge is 2.54. The van der Waals surface area contributed by atoms with Gasteiger partial charge < -0.3 is 10.1 Å². The summed E-state index contributed by atoms with van der Waals surface area (Å²) < 4.78 is 5.04. The van der Waals surface area contributed by atoms with Crippen LogP contribution in [0.4, 0.5) is 5.69 Å². The van der Waals surface area contributed by atoms with Gasteiger partial charge in [0, 0.05) is 5.69 Å². The number of rotatable bonds is 4. The Kier molecular flexibility index (Phi) is 3.86. The molecule has 4 aliphatic rings. The molecule has 0 atom stereocenters. The number of hydrogen-bond acceptors (Lipinski definition) is 3. The zero-order valence-electron chi connectivity index (χ0n) is 14.2. The van der Waals surface area contributed by atoms with Crippen molar-refractivity contribution in [2.45, 2.75) is 45.4 Å². The van der Waals surface area contributed by atoms with Gasteiger partial charge in [-0.05, 0) is 81.4 Å². The second-order valence-electron chi connectivity index (χ2n) is 7.95. The summed E-state index contributed by atoms with van der Waals surface area (Å²) in [6.07, 6.45) is 7.10. The first-order valence-corrected chi connectivity index (χ1v) is 9.16. The standard InChI is InChI=1S/C20H25NO3/c1-2-24-18(22)16-4-3-5-17(9-16)21-19(23)20-10-13-6-14(11-20)8-15(7-13)12-20/h3-5,9,13-15H,2,6-8,10-12H2,1H3,(H,21,23). The Morgan fingerprint density at radius 3 is 2.33 bits per heavy atom. The number of esters is 1. The predicted molar refractivity (Wildman–Crippen MR) is 91.6 cm³/mol. The van der Waals surface area contributed by atoms with Crippen LogP contribution in [0.1, 0.15) is 55.8 Å². The second kappa shape index (κ2) is 5.91. The van der Waals surface area contributed by atoms with Crippen LogP contribution in [-0.2, 0) is 9.53 Å². The largest absolute Gasteiger partial charge is 0.462 e. The molecule has 0 heterocycles. The molecule has 0 unspecified atom stereocenters. The molecule has 0 aromatic heterocycles. The summed E-state index contributed by atoms with van der Waals surface area (Å²) in [7, 11) is 0. The van der Waals surface area contributed by atoms with E-state index >= 15 is 0 Å². The van der Waals surface area contributed by atoms with Gasteiger partial charge in [0.2, 0.25) is 5.91 Å². The molecular weight excluding hydrogens is 302 g/mol. The van der Waals surface area contributed by atoms with Crippen molar-refractivity contribution in [2.75, 3.05) is 11.9 Å². The molecule has 0 spiro atoms. The summed E-state index contributed by atoms with van der Waals surface area (Å²) in [5, 5.41) is 3.09. The SMILES string of the molecule is CCOC(=O)c1cccc(NC(=O)C23CC4CC(CC(C4)C2)C3)c1. The third kappa shape index (κ3) is 2.72. The number of benzene rings is 1. The van der Waals surface area contributed by atoms with Crippen LogP contribution in [0.2, 0.25) is 0 Å². The van der Waals surface area contributed by atoms with Gasteiger partial charge in [-0.1, -0.05) is 6.07 Å². The molecule has 4 aliphatic carbocycles. The minimum Gasteiger partial charge on any atom is -0.462 e. The van der Waals surface area contributed by atoms with Gasteiger partial charge in [-0.3, -0.25) is 4.79 Å². The fraction of sp³-hybridized carbons (Fsp3) is 0.600. The molecule has 1 amide bonds. The maximum Gasteiger partial charge on any atom is 0.338 e. The molecule has 4 fully saturated rings. The lowest BCUT2D eigenvalue weighted by Crippen LogP contribution is -2.51. The van der Waals surface area contributed by atoms with Gasteiger partial charge >= 0.3 is 5.97 Å². The molecule has 0 saturated heterocycles. The Morgan fingerprint density at radius 2 is 1.75 bits per heavy atom. The molecule has 5 rings (SSSR count). The van der Waals surface area contributed by atoms with Crippen LogP contribution in [0, 0.1) is 23.2 Å². The Bertz CT molecular complexity index is 631. The molecule has 4 heteroatoms. The van der Waals surface area contributed by atoms with Gasteiger partial charge in [-0.15, -0.1) is 0 Å². The van der Waals surface area contributed by atoms with E-state index in [2.05, 4.69) is 5.32 Å². The van der Waals surface area contributed by atoms with E-state index in [1.165, 1.54) is 19.3 Å². The van der Waals surface area contributed by atoms with Crippen molar-refractivity contribution in [1.82, 2.24) is 0 Å². The monoisotopic (exact) mass is 327 g/mol. The zero-order valence-corrected chi connectivity index (χ0v) is 14.2. The molecule has 1 aromatic rings. The maximum atomic E-state index is 13.0. The van der Waals surface area contributed by atoms with Crippen molar-refractivity contribution in [3.05, 3.63) is 29.8 Å². The fourth-order valence-electron chi connectivity index (χ4n) is 5.59. The lowest BCUT2D eigenvalue weighted by Gasteiger charge is -2.55. The van der Waals surface area contributed by atoms with E-state index in [0.29, 0.717) is 17.9 Å². The summed E-state index contributed by atoms with van der Waals surface area (Å²) >= 11 is 0. The summed E-state index contributed by atoms with van der Waals surface area (Å²) in [6.45, 7) is 2.14. The maximum absolute atomic E-state index is 13.0. The zero-order chi connectivity index (χ0) is 16.7. The van der Waals surface area contributed by atoms with E-state index in [1.54, 1.807) is 25.1 Å². The Balaban J connectivity index is 1.50. The van der Waals surface area contributed by atoms with E-state index in [9.17, 15) is 9.59 Å². The highest BCUT2D eigenvalue weighted by molar-refractivity contribution is 5.97. The number of hydrogen-bond donors (Lipinski definition) is 1. The van der Waals surface area contributed by atoms with Crippen LogP contribution < -0.4 is 5.32 Å². The average molecular weight is 327 g/mol. The van der Waals surface area contributed by atoms with Gasteiger partial charge in [-0.25, -0.2) is 4.79 Å². The Hall–Kier alpha value is -1.84. The van der Waals surface area contributed by atoms with Gasteiger partial charge in [0.05, 0.1) is 17.6 Å². The van der Waals surface area contributed by atoms with Gasteiger partial charge in [0.25, 0.3) is 0 Å². The predicted octanol–water partition coefficient (Wildman–Crippen LogP) is 4.02. The van der Waals surface area contributed by atoms with E-state index < -0.39 is 0 Å². The summed E-state index contributed by atoms with van der Waals surface area (Å²) in [4.78, 5) is 24.9. The fourth-order valence-corrected chi connectivity index (χ4v) is 5.59. The minimum absolute atomic E-state index is 0.155. The lowest BCUT2D eigenvalue weighted by molar-refractivity contribution is -0.140. The van der Waals surface area contributed by atoms with Gasteiger partial charge in [0.1, 0.15) is 0 Å². The van der Waals surface area contributed by atoms with Crippen LogP contribution in [0.25, 0.3) is 0 Å². The number of anilines is 1. The molecule has 1 aromatic carbocycles. The van der Waals surface area contributed by atoms with E-state index in [4.69, 9.17) is 4.74 Å². The molecule has 0 radical (unpaired) electrons. The third-order valence-corrected chi connectivity index (χ3v) is 6.15. The van der Waals surface area contributed by atoms with Crippen molar-refractivity contribution in [3.8, 4) is 0 Å². The highest BCUT2D eigenvalue weighted by atomic mass is 16.5. The van der Waals surface area contributed by atoms with Crippen LogP contribution in [-0.4, -0.2) is 18.5 Å². The first kappa shape index (κ1) is 15.7. The Morgan fingerprint density at radius 1 is 1.12 bits per heavy atom. The van der Waals surface area contributed by atoms with E-state index in [0.717, 1.165) is 37.0 Å². The van der Waals surface area contributed by atoms with Crippen molar-refractivity contribution in [3.63, 3.8) is 0 Å². The third-order valence-electron chi connectivity index (χ3n) is 6.15. The van der Waals surface area contributed by atoms with E-state index in [-0.39, 0.29) is 17.3 Å². The van der Waals surface area contributed by atoms with Crippen molar-refractivity contribution >= 4 is 17.6 Å². The second-order valence-corrected chi connectivity index (χ2v) is 7.95. The van der Waals surface area contributed by atoms with Crippen LogP contribution in [0.15, 0.2) is 24.3 Å². The van der Waals surface area contributed by atoms with Crippen molar-refractivity contribution in [1.29, 1.82) is 0 Å². The quantitative estimate of drug-likeness (QED) is 0.850. The molecule has 4 bridgehead atoms. The number of nitrogens with one attached hydrogen (secondary N) is 1. The summed E-state index contributed by atoms with van der Waals surface area (Å²) in [5.41, 5.74) is 1.01. The number of carbonyl (C=O) groups is 2. The molecule has 0 aliphatic heterocycles. The molecular formula is C20H25NO3. The average Bonchev–Trinajstić information content (AvgIpc) is 2.54. The topological polar surface area (TPSA) is 55.4 Å². The van der Waals surface area contributed by atoms with Crippen molar-refractivity contribution < 1.29 is 14.3 Å². The van der Waals surface area contributed by atoms with Gasteiger partial charge in [0.15, 0.2) is 0 Å². The number of amides is 1. The lowest BCUT2D eigenvalue weighted by atomic mass is 9.49. The molecule has 1 N–H and O–H groups in total. The van der Waals surface area contributed by atoms with Crippen LogP contribution in [0.5, 0.6) is 0 Å². The Labute approximate surface area is 143 Å². The van der Waals surface area contributed by atoms with Crippen LogP contribution >= 0.6 is 0 Å². The molecule has 24 heavy (non-hydrogen) atoms. The van der Waals surface area contributed by atoms with Crippen molar-refractivity contribution in [2.24, 2.45) is 23.2 Å². The normalized spacial score (nSPS) is 33.3. The number of ether oxygens (including phenoxy) is 1. The van der Waals surface area contributed by atoms with Crippen LogP contribution in [0.3, 0.4) is 0 Å². The first-order valence-electron chi connectivity index (χ1n) is 9.16. The number of carbonyl (C=O) groups excluding carboxylic acids is 2. The minimum atomic E-state index is -0.344. The summed E-state index contributed by atoms with van der Waals surface area (Å²) in [5.74, 6) is 2.04. The first-order chi connectivity index (χ1) is 11.6. The van der Waals surface area contributed by atoms with Gasteiger partial charge in [-0.2, -0.15) is 0 Å².